The van der Waals surface area contributed by atoms with Crippen LogP contribution in [0.15, 0.2) is 74.4 Å². The third kappa shape index (κ3) is 5.72. The molecular formula is C28H29BrN2O6S. The van der Waals surface area contributed by atoms with Gasteiger partial charge in [0, 0.05) is 11.3 Å². The van der Waals surface area contributed by atoms with Gasteiger partial charge >= 0.3 is 5.97 Å². The molecule has 1 atom stereocenters. The van der Waals surface area contributed by atoms with E-state index in [2.05, 4.69) is 26.0 Å². The standard InChI is InChI=1S/C28H29BrN2O6S/c1-16(2)26(28(32)33)31-38(34,35)21-11-7-19(8-12-21)18-5-9-20(10-6-18)30-15-24-17(3)25-23(37-24)14-13-22(29)27(25)36-4/h5-14,16,26,30-31H,15H2,1-4H3,(H,32,33)/t26-/m0/s1. The molecule has 0 bridgehead atoms. The number of halogens is 1. The van der Waals surface area contributed by atoms with Crippen LogP contribution in [-0.2, 0) is 21.4 Å². The average Bonchev–Trinajstić information content (AvgIpc) is 3.21. The van der Waals surface area contributed by atoms with Gasteiger partial charge in [0.15, 0.2) is 0 Å². The number of hydrogen-bond donors (Lipinski definition) is 3. The number of fused-ring (bicyclic) bond motifs is 1. The first-order valence-electron chi connectivity index (χ1n) is 12.0. The van der Waals surface area contributed by atoms with Crippen molar-refractivity contribution >= 4 is 48.6 Å². The Morgan fingerprint density at radius 1 is 1.03 bits per heavy atom. The van der Waals surface area contributed by atoms with Crippen molar-refractivity contribution in [3.63, 3.8) is 0 Å². The number of carboxylic acid groups (broad SMARTS) is 1. The van der Waals surface area contributed by atoms with Crippen LogP contribution in [0.1, 0.15) is 25.2 Å². The van der Waals surface area contributed by atoms with Crippen LogP contribution in [0, 0.1) is 12.8 Å². The summed E-state index contributed by atoms with van der Waals surface area (Å²) in [4.78, 5) is 11.4. The predicted octanol–water partition coefficient (Wildman–Crippen LogP) is 6.18. The fraction of sp³-hybridized carbons (Fsp3) is 0.250. The third-order valence-electron chi connectivity index (χ3n) is 6.35. The van der Waals surface area contributed by atoms with Crippen molar-refractivity contribution in [3.05, 3.63) is 76.5 Å². The van der Waals surface area contributed by atoms with E-state index in [0.717, 1.165) is 49.3 Å². The zero-order valence-electron chi connectivity index (χ0n) is 21.4. The van der Waals surface area contributed by atoms with Gasteiger partial charge in [0.05, 0.1) is 28.4 Å². The zero-order valence-corrected chi connectivity index (χ0v) is 23.8. The van der Waals surface area contributed by atoms with Crippen LogP contribution in [0.25, 0.3) is 22.1 Å². The quantitative estimate of drug-likeness (QED) is 0.199. The number of sulfonamides is 1. The van der Waals surface area contributed by atoms with Gasteiger partial charge in [-0.05, 0) is 76.3 Å². The molecule has 0 unspecified atom stereocenters. The van der Waals surface area contributed by atoms with E-state index in [1.54, 1.807) is 33.1 Å². The predicted molar refractivity (Wildman–Crippen MR) is 151 cm³/mol. The van der Waals surface area contributed by atoms with Crippen molar-refractivity contribution in [2.24, 2.45) is 5.92 Å². The van der Waals surface area contributed by atoms with Gasteiger partial charge < -0.3 is 19.6 Å². The first-order chi connectivity index (χ1) is 18.0. The van der Waals surface area contributed by atoms with Crippen molar-refractivity contribution < 1.29 is 27.5 Å². The monoisotopic (exact) mass is 600 g/mol. The van der Waals surface area contributed by atoms with Gasteiger partial charge in [0.2, 0.25) is 10.0 Å². The summed E-state index contributed by atoms with van der Waals surface area (Å²) in [5.41, 5.74) is 4.42. The molecule has 0 fully saturated rings. The molecule has 0 aliphatic rings. The van der Waals surface area contributed by atoms with Crippen molar-refractivity contribution in [1.82, 2.24) is 4.72 Å². The Morgan fingerprint density at radius 3 is 2.18 bits per heavy atom. The SMILES string of the molecule is COc1c(Br)ccc2oc(CNc3ccc(-c4ccc(S(=O)(=O)N[C@H](C(=O)O)C(C)C)cc4)cc3)c(C)c12. The van der Waals surface area contributed by atoms with Crippen LogP contribution in [0.3, 0.4) is 0 Å². The number of methoxy groups -OCH3 is 1. The summed E-state index contributed by atoms with van der Waals surface area (Å²) in [5.74, 6) is -0.0457. The highest BCUT2D eigenvalue weighted by molar-refractivity contribution is 9.10. The van der Waals surface area contributed by atoms with Gasteiger partial charge in [-0.3, -0.25) is 4.79 Å². The minimum Gasteiger partial charge on any atom is -0.495 e. The molecule has 38 heavy (non-hydrogen) atoms. The Labute approximate surface area is 230 Å². The second-order valence-corrected chi connectivity index (χ2v) is 11.8. The first-order valence-corrected chi connectivity index (χ1v) is 14.2. The molecule has 1 heterocycles. The average molecular weight is 602 g/mol. The number of nitrogens with one attached hydrogen (secondary N) is 2. The highest BCUT2D eigenvalue weighted by Gasteiger charge is 2.28. The second-order valence-electron chi connectivity index (χ2n) is 9.24. The van der Waals surface area contributed by atoms with E-state index in [-0.39, 0.29) is 4.90 Å². The van der Waals surface area contributed by atoms with E-state index in [9.17, 15) is 18.3 Å². The lowest BCUT2D eigenvalue weighted by Gasteiger charge is -2.18. The highest BCUT2D eigenvalue weighted by atomic mass is 79.9. The fourth-order valence-corrected chi connectivity index (χ4v) is 6.02. The molecule has 0 saturated heterocycles. The van der Waals surface area contributed by atoms with E-state index < -0.39 is 28.0 Å². The first kappa shape index (κ1) is 27.7. The molecule has 10 heteroatoms. The van der Waals surface area contributed by atoms with E-state index in [1.165, 1.54) is 12.1 Å². The van der Waals surface area contributed by atoms with Gasteiger partial charge in [-0.1, -0.05) is 38.1 Å². The number of hydrogen-bond acceptors (Lipinski definition) is 6. The number of anilines is 1. The summed E-state index contributed by atoms with van der Waals surface area (Å²) >= 11 is 3.52. The third-order valence-corrected chi connectivity index (χ3v) is 8.43. The van der Waals surface area contributed by atoms with Gasteiger partial charge in [0.1, 0.15) is 23.1 Å². The summed E-state index contributed by atoms with van der Waals surface area (Å²) in [6.45, 7) is 5.80. The van der Waals surface area contributed by atoms with Crippen molar-refractivity contribution in [3.8, 4) is 16.9 Å². The number of furan rings is 1. The lowest BCUT2D eigenvalue weighted by Crippen LogP contribution is -2.44. The molecule has 3 N–H and O–H groups in total. The molecule has 200 valence electrons. The molecule has 0 amide bonds. The maximum atomic E-state index is 12.7. The number of benzene rings is 3. The maximum absolute atomic E-state index is 12.7. The van der Waals surface area contributed by atoms with E-state index in [4.69, 9.17) is 9.15 Å². The van der Waals surface area contributed by atoms with Crippen molar-refractivity contribution in [2.75, 3.05) is 12.4 Å². The molecular weight excluding hydrogens is 572 g/mol. The Hall–Kier alpha value is -3.34. The van der Waals surface area contributed by atoms with Crippen LogP contribution in [0.5, 0.6) is 5.75 Å². The molecule has 0 aliphatic carbocycles. The summed E-state index contributed by atoms with van der Waals surface area (Å²) in [5, 5.41) is 13.6. The number of aryl methyl sites for hydroxylation is 1. The van der Waals surface area contributed by atoms with Crippen LogP contribution >= 0.6 is 15.9 Å². The molecule has 0 spiro atoms. The summed E-state index contributed by atoms with van der Waals surface area (Å²) in [7, 11) is -2.33. The smallest absolute Gasteiger partial charge is 0.322 e. The van der Waals surface area contributed by atoms with Crippen LogP contribution in [-0.4, -0.2) is 32.6 Å². The van der Waals surface area contributed by atoms with Crippen molar-refractivity contribution in [1.29, 1.82) is 0 Å². The van der Waals surface area contributed by atoms with E-state index >= 15 is 0 Å². The second kappa shape index (κ2) is 11.2. The van der Waals surface area contributed by atoms with E-state index in [0.29, 0.717) is 6.54 Å². The lowest BCUT2D eigenvalue weighted by atomic mass is 10.1. The number of rotatable bonds is 10. The Kier molecular flexibility index (Phi) is 8.15. The maximum Gasteiger partial charge on any atom is 0.322 e. The molecule has 0 saturated carbocycles. The van der Waals surface area contributed by atoms with Crippen LogP contribution < -0.4 is 14.8 Å². The van der Waals surface area contributed by atoms with Gasteiger partial charge in [-0.2, -0.15) is 4.72 Å². The molecule has 8 nitrogen and oxygen atoms in total. The van der Waals surface area contributed by atoms with Crippen LogP contribution in [0.2, 0.25) is 0 Å². The normalized spacial score (nSPS) is 12.6. The molecule has 4 rings (SSSR count). The minimum atomic E-state index is -3.97. The largest absolute Gasteiger partial charge is 0.495 e. The molecule has 1 aromatic heterocycles. The minimum absolute atomic E-state index is 0.0105. The number of carbonyl (C=O) groups is 1. The van der Waals surface area contributed by atoms with Crippen molar-refractivity contribution in [2.45, 2.75) is 38.3 Å². The highest BCUT2D eigenvalue weighted by Crippen LogP contribution is 2.38. The van der Waals surface area contributed by atoms with Gasteiger partial charge in [-0.15, -0.1) is 0 Å². The lowest BCUT2D eigenvalue weighted by molar-refractivity contribution is -0.140. The molecule has 4 aromatic rings. The number of ether oxygens (including phenoxy) is 1. The number of aliphatic carboxylic acids is 1. The fourth-order valence-electron chi connectivity index (χ4n) is 4.19. The summed E-state index contributed by atoms with van der Waals surface area (Å²) < 4.78 is 40.1. The Bertz CT molecular complexity index is 1560. The zero-order chi connectivity index (χ0) is 27.6. The molecule has 0 aliphatic heterocycles. The van der Waals surface area contributed by atoms with Crippen LogP contribution in [0.4, 0.5) is 5.69 Å². The Balaban J connectivity index is 1.45. The molecule has 0 radical (unpaired) electrons. The van der Waals surface area contributed by atoms with Gasteiger partial charge in [-0.25, -0.2) is 8.42 Å². The molecule has 3 aromatic carbocycles. The topological polar surface area (TPSA) is 118 Å². The van der Waals surface area contributed by atoms with E-state index in [1.807, 2.05) is 43.3 Å². The van der Waals surface area contributed by atoms with Gasteiger partial charge in [0.25, 0.3) is 0 Å². The summed E-state index contributed by atoms with van der Waals surface area (Å²) in [6, 6.07) is 16.7. The summed E-state index contributed by atoms with van der Waals surface area (Å²) in [6.07, 6.45) is 0. The Morgan fingerprint density at radius 2 is 1.63 bits per heavy atom. The number of carboxylic acids is 1.